The van der Waals surface area contributed by atoms with E-state index in [-0.39, 0.29) is 11.4 Å². The number of benzene rings is 3. The number of nitrogens with zero attached hydrogens (tertiary/aromatic N) is 1. The lowest BCUT2D eigenvalue weighted by Gasteiger charge is -2.21. The van der Waals surface area contributed by atoms with Gasteiger partial charge >= 0.3 is 6.03 Å². The fourth-order valence-electron chi connectivity index (χ4n) is 3.71. The van der Waals surface area contributed by atoms with Gasteiger partial charge in [0.2, 0.25) is 5.88 Å². The topological polar surface area (TPSA) is 81.7 Å². The zero-order valence-electron chi connectivity index (χ0n) is 20.5. The van der Waals surface area contributed by atoms with Crippen molar-refractivity contribution in [3.8, 4) is 23.1 Å². The first kappa shape index (κ1) is 23.9. The Morgan fingerprint density at radius 2 is 1.51 bits per heavy atom. The van der Waals surface area contributed by atoms with Crippen molar-refractivity contribution >= 4 is 28.2 Å². The Bertz CT molecular complexity index is 1360. The van der Waals surface area contributed by atoms with E-state index in [4.69, 9.17) is 14.2 Å². The van der Waals surface area contributed by atoms with Gasteiger partial charge in [-0.1, -0.05) is 51.1 Å². The smallest absolute Gasteiger partial charge is 0.323 e. The number of aromatic nitrogens is 1. The van der Waals surface area contributed by atoms with E-state index in [0.717, 1.165) is 16.3 Å². The molecule has 4 rings (SSSR count). The number of methoxy groups -OCH3 is 2. The molecule has 2 N–H and O–H groups in total. The van der Waals surface area contributed by atoms with Crippen LogP contribution in [0.5, 0.6) is 23.1 Å². The van der Waals surface area contributed by atoms with Gasteiger partial charge in [0.15, 0.2) is 0 Å². The van der Waals surface area contributed by atoms with E-state index in [0.29, 0.717) is 34.5 Å². The Labute approximate surface area is 205 Å². The zero-order chi connectivity index (χ0) is 25.0. The molecule has 0 aliphatic rings. The number of amides is 2. The highest BCUT2D eigenvalue weighted by Crippen LogP contribution is 2.35. The van der Waals surface area contributed by atoms with Gasteiger partial charge in [-0.2, -0.15) is 0 Å². The average Bonchev–Trinajstić information content (AvgIpc) is 2.85. The minimum Gasteiger partial charge on any atom is -0.495 e. The lowest BCUT2D eigenvalue weighted by Crippen LogP contribution is -2.21. The first-order valence-electron chi connectivity index (χ1n) is 11.2. The molecule has 0 saturated heterocycles. The summed E-state index contributed by atoms with van der Waals surface area (Å²) in [6.45, 7) is 6.36. The SMILES string of the molecule is COc1cc(Oc2ccc(NC(=O)Nc3cc(C(C)(C)C)ccc3OC)c3ccccc23)ccn1. The third-order valence-corrected chi connectivity index (χ3v) is 5.59. The van der Waals surface area contributed by atoms with Gasteiger partial charge < -0.3 is 24.8 Å². The van der Waals surface area contributed by atoms with Crippen molar-refractivity contribution < 1.29 is 19.0 Å². The number of nitrogens with one attached hydrogen (secondary N) is 2. The maximum absolute atomic E-state index is 13.0. The van der Waals surface area contributed by atoms with E-state index in [1.54, 1.807) is 32.5 Å². The van der Waals surface area contributed by atoms with Crippen molar-refractivity contribution in [2.24, 2.45) is 0 Å². The molecule has 0 unspecified atom stereocenters. The molecule has 4 aromatic rings. The molecule has 7 heteroatoms. The Hall–Kier alpha value is -4.26. The van der Waals surface area contributed by atoms with Crippen molar-refractivity contribution in [3.05, 3.63) is 78.5 Å². The molecule has 1 heterocycles. The minimum absolute atomic E-state index is 0.0654. The molecule has 0 saturated carbocycles. The number of carbonyl (C=O) groups is 1. The largest absolute Gasteiger partial charge is 0.495 e. The predicted octanol–water partition coefficient (Wildman–Crippen LogP) is 6.99. The van der Waals surface area contributed by atoms with Crippen LogP contribution in [0.3, 0.4) is 0 Å². The predicted molar refractivity (Wildman–Crippen MR) is 139 cm³/mol. The number of rotatable bonds is 6. The Morgan fingerprint density at radius 1 is 0.800 bits per heavy atom. The number of carbonyl (C=O) groups excluding carboxylic acids is 1. The summed E-state index contributed by atoms with van der Waals surface area (Å²) >= 11 is 0. The fraction of sp³-hybridized carbons (Fsp3) is 0.214. The van der Waals surface area contributed by atoms with Crippen LogP contribution in [-0.2, 0) is 5.41 Å². The molecule has 3 aromatic carbocycles. The molecule has 35 heavy (non-hydrogen) atoms. The van der Waals surface area contributed by atoms with Crippen LogP contribution in [0.25, 0.3) is 10.8 Å². The molecule has 180 valence electrons. The molecule has 0 atom stereocenters. The molecular formula is C28H29N3O4. The van der Waals surface area contributed by atoms with Crippen molar-refractivity contribution in [2.45, 2.75) is 26.2 Å². The van der Waals surface area contributed by atoms with Crippen LogP contribution >= 0.6 is 0 Å². The zero-order valence-corrected chi connectivity index (χ0v) is 20.5. The summed E-state index contributed by atoms with van der Waals surface area (Å²) in [4.78, 5) is 17.1. The van der Waals surface area contributed by atoms with Crippen LogP contribution in [0.15, 0.2) is 72.9 Å². The number of fused-ring (bicyclic) bond motifs is 1. The summed E-state index contributed by atoms with van der Waals surface area (Å²) in [7, 11) is 3.14. The second-order valence-electron chi connectivity index (χ2n) is 9.04. The Balaban J connectivity index is 1.60. The van der Waals surface area contributed by atoms with E-state index >= 15 is 0 Å². The number of hydrogen-bond acceptors (Lipinski definition) is 5. The van der Waals surface area contributed by atoms with Gasteiger partial charge in [0.25, 0.3) is 0 Å². The first-order valence-corrected chi connectivity index (χ1v) is 11.2. The average molecular weight is 472 g/mol. The van der Waals surface area contributed by atoms with Crippen LogP contribution in [0.1, 0.15) is 26.3 Å². The second-order valence-corrected chi connectivity index (χ2v) is 9.04. The lowest BCUT2D eigenvalue weighted by molar-refractivity contribution is 0.262. The van der Waals surface area contributed by atoms with Crippen LogP contribution in [0.2, 0.25) is 0 Å². The van der Waals surface area contributed by atoms with Gasteiger partial charge in [-0.3, -0.25) is 0 Å². The Kier molecular flexibility index (Phi) is 6.78. The van der Waals surface area contributed by atoms with Crippen LogP contribution in [-0.4, -0.2) is 25.2 Å². The number of anilines is 2. The normalized spacial score (nSPS) is 11.1. The molecule has 1 aromatic heterocycles. The van der Waals surface area contributed by atoms with E-state index in [1.165, 1.54) is 0 Å². The van der Waals surface area contributed by atoms with Crippen molar-refractivity contribution in [1.29, 1.82) is 0 Å². The van der Waals surface area contributed by atoms with Gasteiger partial charge in [-0.25, -0.2) is 9.78 Å². The summed E-state index contributed by atoms with van der Waals surface area (Å²) < 4.78 is 16.7. The van der Waals surface area contributed by atoms with E-state index in [2.05, 4.69) is 36.4 Å². The molecular weight excluding hydrogens is 442 g/mol. The van der Waals surface area contributed by atoms with Crippen molar-refractivity contribution in [1.82, 2.24) is 4.98 Å². The quantitative estimate of drug-likeness (QED) is 0.317. The van der Waals surface area contributed by atoms with Crippen LogP contribution < -0.4 is 24.8 Å². The molecule has 2 amide bonds. The van der Waals surface area contributed by atoms with E-state index < -0.39 is 0 Å². The van der Waals surface area contributed by atoms with Gasteiger partial charge in [0, 0.05) is 23.0 Å². The van der Waals surface area contributed by atoms with Gasteiger partial charge in [-0.05, 0) is 41.3 Å². The molecule has 0 fully saturated rings. The second kappa shape index (κ2) is 9.93. The number of pyridine rings is 1. The van der Waals surface area contributed by atoms with Gasteiger partial charge in [0.05, 0.1) is 25.6 Å². The summed E-state index contributed by atoms with van der Waals surface area (Å²) in [5.74, 6) is 2.31. The molecule has 0 radical (unpaired) electrons. The maximum atomic E-state index is 13.0. The summed E-state index contributed by atoms with van der Waals surface area (Å²) in [5.41, 5.74) is 2.29. The molecule has 7 nitrogen and oxygen atoms in total. The Morgan fingerprint density at radius 3 is 2.23 bits per heavy atom. The molecule has 0 aliphatic heterocycles. The fourth-order valence-corrected chi connectivity index (χ4v) is 3.71. The van der Waals surface area contributed by atoms with Crippen LogP contribution in [0.4, 0.5) is 16.2 Å². The van der Waals surface area contributed by atoms with Crippen molar-refractivity contribution in [2.75, 3.05) is 24.9 Å². The first-order chi connectivity index (χ1) is 16.8. The number of urea groups is 1. The lowest BCUT2D eigenvalue weighted by atomic mass is 9.87. The molecule has 0 spiro atoms. The summed E-state index contributed by atoms with van der Waals surface area (Å²) in [6.07, 6.45) is 1.62. The van der Waals surface area contributed by atoms with Crippen molar-refractivity contribution in [3.63, 3.8) is 0 Å². The summed E-state index contributed by atoms with van der Waals surface area (Å²) in [6, 6.07) is 20.3. The monoisotopic (exact) mass is 471 g/mol. The van der Waals surface area contributed by atoms with Crippen LogP contribution in [0, 0.1) is 0 Å². The standard InChI is InChI=1S/C28H29N3O4/c1-28(2,3)18-10-12-25(33-4)23(16-18)31-27(32)30-22-11-13-24(21-9-7-6-8-20(21)22)35-19-14-15-29-26(17-19)34-5/h6-17H,1-5H3,(H2,30,31,32). The number of ether oxygens (including phenoxy) is 3. The van der Waals surface area contributed by atoms with E-state index in [1.807, 2.05) is 54.6 Å². The number of hydrogen-bond donors (Lipinski definition) is 2. The minimum atomic E-state index is -0.368. The third-order valence-electron chi connectivity index (χ3n) is 5.59. The van der Waals surface area contributed by atoms with Gasteiger partial charge in [-0.15, -0.1) is 0 Å². The maximum Gasteiger partial charge on any atom is 0.323 e. The molecule has 0 bridgehead atoms. The highest BCUT2D eigenvalue weighted by molar-refractivity contribution is 6.08. The highest BCUT2D eigenvalue weighted by Gasteiger charge is 2.18. The highest BCUT2D eigenvalue weighted by atomic mass is 16.5. The van der Waals surface area contributed by atoms with Gasteiger partial charge in [0.1, 0.15) is 17.2 Å². The molecule has 0 aliphatic carbocycles. The third kappa shape index (κ3) is 5.46. The summed E-state index contributed by atoms with van der Waals surface area (Å²) in [5, 5.41) is 7.59. The van der Waals surface area contributed by atoms with E-state index in [9.17, 15) is 4.79 Å².